The van der Waals surface area contributed by atoms with Gasteiger partial charge in [0.1, 0.15) is 0 Å². The molecule has 2 aliphatic rings. The van der Waals surface area contributed by atoms with Crippen LogP contribution in [0.2, 0.25) is 5.02 Å². The predicted octanol–water partition coefficient (Wildman–Crippen LogP) is 1.09. The topological polar surface area (TPSA) is 127 Å². The van der Waals surface area contributed by atoms with Gasteiger partial charge in [0.2, 0.25) is 11.9 Å². The van der Waals surface area contributed by atoms with Crippen LogP contribution >= 0.6 is 11.6 Å². The van der Waals surface area contributed by atoms with Crippen molar-refractivity contribution in [1.82, 2.24) is 40.3 Å². The second-order valence-corrected chi connectivity index (χ2v) is 9.22. The molecule has 0 spiro atoms. The third-order valence-electron chi connectivity index (χ3n) is 6.48. The van der Waals surface area contributed by atoms with Crippen molar-refractivity contribution < 1.29 is 4.74 Å². The van der Waals surface area contributed by atoms with Crippen LogP contribution in [0, 0.1) is 0 Å². The number of H-pyrrole nitrogens is 1. The van der Waals surface area contributed by atoms with Crippen LogP contribution in [-0.4, -0.2) is 84.7 Å². The van der Waals surface area contributed by atoms with E-state index in [9.17, 15) is 0 Å². The number of morpholine rings is 1. The maximum Gasteiger partial charge on any atom is 0.226 e. The number of hydrogen-bond donors (Lipinski definition) is 2. The van der Waals surface area contributed by atoms with Gasteiger partial charge in [0, 0.05) is 43.2 Å². The van der Waals surface area contributed by atoms with E-state index in [1.54, 1.807) is 7.05 Å². The predicted molar refractivity (Wildman–Crippen MR) is 124 cm³/mol. The number of nitrogens with one attached hydrogen (secondary N) is 1. The summed E-state index contributed by atoms with van der Waals surface area (Å²) < 4.78 is 6.28. The van der Waals surface area contributed by atoms with E-state index >= 15 is 0 Å². The van der Waals surface area contributed by atoms with Gasteiger partial charge in [-0.1, -0.05) is 23.7 Å². The van der Waals surface area contributed by atoms with Gasteiger partial charge in [0.15, 0.2) is 5.82 Å². The average molecular weight is 473 g/mol. The molecule has 0 amide bonds. The van der Waals surface area contributed by atoms with E-state index in [1.807, 2.05) is 12.1 Å². The van der Waals surface area contributed by atoms with Gasteiger partial charge >= 0.3 is 0 Å². The van der Waals surface area contributed by atoms with E-state index in [2.05, 4.69) is 52.5 Å². The van der Waals surface area contributed by atoms with E-state index < -0.39 is 0 Å². The van der Waals surface area contributed by atoms with E-state index in [-0.39, 0.29) is 6.10 Å². The Morgan fingerprint density at radius 2 is 1.91 bits per heavy atom. The SMILES string of the molecule is Cn1nnc(C[C@H]2CN(C3CCN(c4nnc(N)[nH]4)CC3)[C@@H](Cc3ccc(Cl)cc3)CO2)n1. The fourth-order valence-electron chi connectivity index (χ4n) is 4.85. The first-order valence-electron chi connectivity index (χ1n) is 11.3. The van der Waals surface area contributed by atoms with Crippen molar-refractivity contribution in [2.75, 3.05) is 36.9 Å². The number of nitrogens with zero attached hydrogens (tertiary/aromatic N) is 8. The van der Waals surface area contributed by atoms with Crippen molar-refractivity contribution >= 4 is 23.5 Å². The first kappa shape index (κ1) is 22.1. The highest BCUT2D eigenvalue weighted by Gasteiger charge is 2.36. The standard InChI is InChI=1S/C21H29ClN10O/c1-30-28-19(25-29-30)11-18-12-32(17(13-33-18)10-14-2-4-15(22)5-3-14)16-6-8-31(9-7-16)21-24-20(23)26-27-21/h2-5,16-18H,6-13H2,1H3,(H3,23,24,26,27)/t17-,18-/m0/s1. The van der Waals surface area contributed by atoms with Gasteiger partial charge in [-0.25, -0.2) is 0 Å². The van der Waals surface area contributed by atoms with E-state index in [4.69, 9.17) is 22.1 Å². The fraction of sp³-hybridized carbons (Fsp3) is 0.571. The molecule has 0 saturated carbocycles. The highest BCUT2D eigenvalue weighted by atomic mass is 35.5. The van der Waals surface area contributed by atoms with Crippen LogP contribution in [0.15, 0.2) is 24.3 Å². The largest absolute Gasteiger partial charge is 0.375 e. The Morgan fingerprint density at radius 3 is 2.58 bits per heavy atom. The van der Waals surface area contributed by atoms with Gasteiger partial charge in [-0.2, -0.15) is 4.80 Å². The molecule has 0 unspecified atom stereocenters. The Bertz CT molecular complexity index is 1050. The summed E-state index contributed by atoms with van der Waals surface area (Å²) in [4.78, 5) is 9.38. The Labute approximate surface area is 197 Å². The van der Waals surface area contributed by atoms with Gasteiger partial charge < -0.3 is 15.4 Å². The molecule has 12 heteroatoms. The van der Waals surface area contributed by atoms with Crippen LogP contribution in [0.1, 0.15) is 24.2 Å². The van der Waals surface area contributed by atoms with Gasteiger partial charge in [0.05, 0.1) is 19.8 Å². The Hall–Kier alpha value is -2.76. The van der Waals surface area contributed by atoms with Gasteiger partial charge in [0.25, 0.3) is 0 Å². The third kappa shape index (κ3) is 5.26. The summed E-state index contributed by atoms with van der Waals surface area (Å²) in [5.41, 5.74) is 6.97. The summed E-state index contributed by atoms with van der Waals surface area (Å²) in [5.74, 6) is 1.82. The minimum atomic E-state index is 0.0442. The maximum atomic E-state index is 6.28. The molecule has 0 aliphatic carbocycles. The fourth-order valence-corrected chi connectivity index (χ4v) is 4.97. The van der Waals surface area contributed by atoms with Gasteiger partial charge in [-0.15, -0.1) is 20.4 Å². The number of piperidine rings is 1. The van der Waals surface area contributed by atoms with Crippen molar-refractivity contribution in [3.8, 4) is 0 Å². The lowest BCUT2D eigenvalue weighted by atomic mass is 9.96. The molecule has 11 nitrogen and oxygen atoms in total. The molecule has 3 N–H and O–H groups in total. The molecule has 3 aromatic rings. The number of aryl methyl sites for hydroxylation is 1. The number of aromatic amines is 1. The maximum absolute atomic E-state index is 6.28. The monoisotopic (exact) mass is 472 g/mol. The molecule has 2 aromatic heterocycles. The zero-order chi connectivity index (χ0) is 22.8. The minimum Gasteiger partial charge on any atom is -0.375 e. The Morgan fingerprint density at radius 1 is 1.12 bits per heavy atom. The van der Waals surface area contributed by atoms with Crippen molar-refractivity contribution in [3.63, 3.8) is 0 Å². The Kier molecular flexibility index (Phi) is 6.43. The number of halogens is 1. The lowest BCUT2D eigenvalue weighted by Gasteiger charge is -2.46. The number of ether oxygens (including phenoxy) is 1. The quantitative estimate of drug-likeness (QED) is 0.541. The van der Waals surface area contributed by atoms with Crippen LogP contribution in [0.3, 0.4) is 0 Å². The van der Waals surface area contributed by atoms with Crippen LogP contribution < -0.4 is 10.6 Å². The molecule has 5 rings (SSSR count). The first-order chi connectivity index (χ1) is 16.0. The van der Waals surface area contributed by atoms with E-state index in [0.29, 0.717) is 31.1 Å². The molecule has 4 heterocycles. The van der Waals surface area contributed by atoms with E-state index in [0.717, 1.165) is 55.7 Å². The molecule has 2 fully saturated rings. The summed E-state index contributed by atoms with van der Waals surface area (Å²) in [6.45, 7) is 3.32. The summed E-state index contributed by atoms with van der Waals surface area (Å²) >= 11 is 6.09. The smallest absolute Gasteiger partial charge is 0.226 e. The van der Waals surface area contributed by atoms with Crippen LogP contribution in [0.5, 0.6) is 0 Å². The van der Waals surface area contributed by atoms with Crippen molar-refractivity contribution in [1.29, 1.82) is 0 Å². The zero-order valence-corrected chi connectivity index (χ0v) is 19.4. The first-order valence-corrected chi connectivity index (χ1v) is 11.7. The lowest BCUT2D eigenvalue weighted by Crippen LogP contribution is -2.57. The highest BCUT2D eigenvalue weighted by molar-refractivity contribution is 6.30. The number of hydrogen-bond acceptors (Lipinski definition) is 9. The van der Waals surface area contributed by atoms with Crippen molar-refractivity contribution in [2.45, 2.75) is 43.9 Å². The number of aromatic nitrogens is 7. The van der Waals surface area contributed by atoms with Crippen molar-refractivity contribution in [2.24, 2.45) is 7.05 Å². The summed E-state index contributed by atoms with van der Waals surface area (Å²) in [5, 5.41) is 21.2. The number of nitrogen functional groups attached to an aromatic ring is 1. The Balaban J connectivity index is 1.28. The lowest BCUT2D eigenvalue weighted by molar-refractivity contribution is -0.0820. The molecule has 2 atom stereocenters. The molecule has 176 valence electrons. The van der Waals surface area contributed by atoms with Crippen LogP contribution in [-0.2, 0) is 24.6 Å². The molecule has 0 bridgehead atoms. The molecule has 1 aromatic carbocycles. The minimum absolute atomic E-state index is 0.0442. The number of benzene rings is 1. The number of rotatable bonds is 6. The molecule has 33 heavy (non-hydrogen) atoms. The van der Waals surface area contributed by atoms with Crippen LogP contribution in [0.4, 0.5) is 11.9 Å². The average Bonchev–Trinajstić information content (AvgIpc) is 3.44. The molecular weight excluding hydrogens is 444 g/mol. The van der Waals surface area contributed by atoms with Crippen molar-refractivity contribution in [3.05, 3.63) is 40.7 Å². The van der Waals surface area contributed by atoms with Gasteiger partial charge in [-0.05, 0) is 42.2 Å². The van der Waals surface area contributed by atoms with E-state index in [1.165, 1.54) is 10.4 Å². The number of tetrazole rings is 1. The second kappa shape index (κ2) is 9.62. The summed E-state index contributed by atoms with van der Waals surface area (Å²) in [6, 6.07) is 8.87. The molecule has 0 radical (unpaired) electrons. The van der Waals surface area contributed by atoms with Crippen LogP contribution in [0.25, 0.3) is 0 Å². The summed E-state index contributed by atoms with van der Waals surface area (Å²) in [7, 11) is 1.78. The molecule has 2 saturated heterocycles. The third-order valence-corrected chi connectivity index (χ3v) is 6.73. The normalized spacial score (nSPS) is 22.7. The zero-order valence-electron chi connectivity index (χ0n) is 18.6. The summed E-state index contributed by atoms with van der Waals surface area (Å²) in [6.07, 6.45) is 3.70. The number of nitrogens with two attached hydrogens (primary N) is 1. The highest BCUT2D eigenvalue weighted by Crippen LogP contribution is 2.27. The second-order valence-electron chi connectivity index (χ2n) is 8.79. The molecule has 2 aliphatic heterocycles. The number of anilines is 2. The molecular formula is C21H29ClN10O. The van der Waals surface area contributed by atoms with Gasteiger partial charge in [-0.3, -0.25) is 9.88 Å².